The van der Waals surface area contributed by atoms with Gasteiger partial charge in [0, 0.05) is 24.1 Å². The van der Waals surface area contributed by atoms with Gasteiger partial charge in [-0.3, -0.25) is 0 Å². The summed E-state index contributed by atoms with van der Waals surface area (Å²) in [6.45, 7) is 13.1. The van der Waals surface area contributed by atoms with E-state index in [0.29, 0.717) is 11.5 Å². The quantitative estimate of drug-likeness (QED) is 0.754. The standard InChI is InChI=1S/C12H25NO/c1-6-12(7-8-14-10(12)2)9-13-11(3,4)5/h10,13H,6-9H2,1-5H3. The molecule has 0 radical (unpaired) electrons. The average Bonchev–Trinajstić information content (AvgIpc) is 2.43. The summed E-state index contributed by atoms with van der Waals surface area (Å²) < 4.78 is 5.68. The molecule has 1 aliphatic heterocycles. The lowest BCUT2D eigenvalue weighted by Crippen LogP contribution is -2.46. The Morgan fingerprint density at radius 1 is 1.43 bits per heavy atom. The molecule has 1 N–H and O–H groups in total. The van der Waals surface area contributed by atoms with Crippen molar-refractivity contribution in [3.05, 3.63) is 0 Å². The molecule has 2 atom stereocenters. The Balaban J connectivity index is 2.54. The van der Waals surface area contributed by atoms with Crippen LogP contribution in [0.3, 0.4) is 0 Å². The summed E-state index contributed by atoms with van der Waals surface area (Å²) in [5.41, 5.74) is 0.581. The molecule has 2 nitrogen and oxygen atoms in total. The van der Waals surface area contributed by atoms with E-state index in [1.807, 2.05) is 0 Å². The number of hydrogen-bond donors (Lipinski definition) is 1. The summed E-state index contributed by atoms with van der Waals surface area (Å²) in [5.74, 6) is 0. The summed E-state index contributed by atoms with van der Waals surface area (Å²) in [4.78, 5) is 0. The highest BCUT2D eigenvalue weighted by molar-refractivity contribution is 4.91. The van der Waals surface area contributed by atoms with Crippen molar-refractivity contribution < 1.29 is 4.74 Å². The Hall–Kier alpha value is -0.0800. The van der Waals surface area contributed by atoms with E-state index in [1.165, 1.54) is 12.8 Å². The molecule has 1 rings (SSSR count). The lowest BCUT2D eigenvalue weighted by atomic mass is 9.78. The lowest BCUT2D eigenvalue weighted by molar-refractivity contribution is 0.0577. The molecule has 1 saturated heterocycles. The minimum Gasteiger partial charge on any atom is -0.378 e. The third kappa shape index (κ3) is 2.71. The third-order valence-corrected chi connectivity index (χ3v) is 3.51. The first kappa shape index (κ1) is 12.0. The van der Waals surface area contributed by atoms with E-state index < -0.39 is 0 Å². The summed E-state index contributed by atoms with van der Waals surface area (Å²) in [6, 6.07) is 0. The van der Waals surface area contributed by atoms with Crippen molar-refractivity contribution in [1.82, 2.24) is 5.32 Å². The van der Waals surface area contributed by atoms with Crippen LogP contribution in [0, 0.1) is 5.41 Å². The van der Waals surface area contributed by atoms with Gasteiger partial charge in [-0.25, -0.2) is 0 Å². The van der Waals surface area contributed by atoms with Gasteiger partial charge in [-0.15, -0.1) is 0 Å². The van der Waals surface area contributed by atoms with Gasteiger partial charge in [0.15, 0.2) is 0 Å². The molecule has 0 aromatic carbocycles. The molecule has 0 aromatic heterocycles. The lowest BCUT2D eigenvalue weighted by Gasteiger charge is -2.34. The van der Waals surface area contributed by atoms with Gasteiger partial charge in [0.1, 0.15) is 0 Å². The van der Waals surface area contributed by atoms with E-state index in [9.17, 15) is 0 Å². The number of ether oxygens (including phenoxy) is 1. The van der Waals surface area contributed by atoms with Crippen LogP contribution in [-0.2, 0) is 4.74 Å². The molecular formula is C12H25NO. The molecule has 1 fully saturated rings. The topological polar surface area (TPSA) is 21.3 Å². The average molecular weight is 199 g/mol. The van der Waals surface area contributed by atoms with Gasteiger partial charge in [0.05, 0.1) is 6.10 Å². The highest BCUT2D eigenvalue weighted by Gasteiger charge is 2.40. The predicted molar refractivity (Wildman–Crippen MR) is 60.5 cm³/mol. The zero-order chi connectivity index (χ0) is 10.8. The second-order valence-electron chi connectivity index (χ2n) is 5.58. The fourth-order valence-electron chi connectivity index (χ4n) is 2.08. The maximum Gasteiger partial charge on any atom is 0.0616 e. The van der Waals surface area contributed by atoms with E-state index in [0.717, 1.165) is 13.2 Å². The van der Waals surface area contributed by atoms with Crippen molar-refractivity contribution in [2.45, 2.75) is 59.1 Å². The SMILES string of the molecule is CCC1(CNC(C)(C)C)CCOC1C. The third-order valence-electron chi connectivity index (χ3n) is 3.51. The van der Waals surface area contributed by atoms with Gasteiger partial charge >= 0.3 is 0 Å². The van der Waals surface area contributed by atoms with Gasteiger partial charge in [-0.1, -0.05) is 6.92 Å². The Labute approximate surface area is 88.4 Å². The van der Waals surface area contributed by atoms with Crippen molar-refractivity contribution in [3.8, 4) is 0 Å². The molecule has 1 heterocycles. The van der Waals surface area contributed by atoms with Crippen LogP contribution in [0.5, 0.6) is 0 Å². The zero-order valence-corrected chi connectivity index (χ0v) is 10.3. The highest BCUT2D eigenvalue weighted by Crippen LogP contribution is 2.37. The van der Waals surface area contributed by atoms with E-state index in [2.05, 4.69) is 39.9 Å². The van der Waals surface area contributed by atoms with Crippen LogP contribution < -0.4 is 5.32 Å². The van der Waals surface area contributed by atoms with Crippen LogP contribution in [-0.4, -0.2) is 24.8 Å². The van der Waals surface area contributed by atoms with Crippen molar-refractivity contribution in [2.24, 2.45) is 5.41 Å². The van der Waals surface area contributed by atoms with Crippen LogP contribution in [0.2, 0.25) is 0 Å². The predicted octanol–water partition coefficient (Wildman–Crippen LogP) is 2.58. The number of hydrogen-bond acceptors (Lipinski definition) is 2. The van der Waals surface area contributed by atoms with Crippen molar-refractivity contribution in [1.29, 1.82) is 0 Å². The first-order valence-electron chi connectivity index (χ1n) is 5.76. The monoisotopic (exact) mass is 199 g/mol. The molecule has 0 bridgehead atoms. The van der Waals surface area contributed by atoms with Crippen LogP contribution in [0.1, 0.15) is 47.5 Å². The van der Waals surface area contributed by atoms with E-state index in [-0.39, 0.29) is 5.54 Å². The maximum atomic E-state index is 5.68. The van der Waals surface area contributed by atoms with E-state index in [1.54, 1.807) is 0 Å². The first-order valence-corrected chi connectivity index (χ1v) is 5.76. The van der Waals surface area contributed by atoms with Gasteiger partial charge in [-0.05, 0) is 40.5 Å². The van der Waals surface area contributed by atoms with Gasteiger partial charge in [0.25, 0.3) is 0 Å². The summed E-state index contributed by atoms with van der Waals surface area (Å²) in [7, 11) is 0. The summed E-state index contributed by atoms with van der Waals surface area (Å²) in [5, 5.41) is 3.61. The van der Waals surface area contributed by atoms with Crippen LogP contribution >= 0.6 is 0 Å². The molecule has 0 saturated carbocycles. The van der Waals surface area contributed by atoms with Crippen molar-refractivity contribution >= 4 is 0 Å². The highest BCUT2D eigenvalue weighted by atomic mass is 16.5. The van der Waals surface area contributed by atoms with Crippen molar-refractivity contribution in [2.75, 3.05) is 13.2 Å². The molecule has 2 unspecified atom stereocenters. The molecule has 0 aliphatic carbocycles. The molecule has 0 aromatic rings. The minimum atomic E-state index is 0.213. The molecule has 2 heteroatoms. The molecule has 0 spiro atoms. The molecule has 1 aliphatic rings. The van der Waals surface area contributed by atoms with E-state index in [4.69, 9.17) is 4.74 Å². The van der Waals surface area contributed by atoms with Crippen LogP contribution in [0.25, 0.3) is 0 Å². The fourth-order valence-corrected chi connectivity index (χ4v) is 2.08. The minimum absolute atomic E-state index is 0.213. The number of nitrogens with one attached hydrogen (secondary N) is 1. The maximum absolute atomic E-state index is 5.68. The van der Waals surface area contributed by atoms with Crippen molar-refractivity contribution in [3.63, 3.8) is 0 Å². The smallest absolute Gasteiger partial charge is 0.0616 e. The van der Waals surface area contributed by atoms with Crippen LogP contribution in [0.15, 0.2) is 0 Å². The first-order chi connectivity index (χ1) is 6.40. The Morgan fingerprint density at radius 2 is 2.07 bits per heavy atom. The molecule has 0 amide bonds. The van der Waals surface area contributed by atoms with Gasteiger partial charge in [0.2, 0.25) is 0 Å². The number of rotatable bonds is 3. The second-order valence-corrected chi connectivity index (χ2v) is 5.58. The van der Waals surface area contributed by atoms with E-state index >= 15 is 0 Å². The Kier molecular flexibility index (Phi) is 3.59. The summed E-state index contributed by atoms with van der Waals surface area (Å²) in [6.07, 6.45) is 2.81. The zero-order valence-electron chi connectivity index (χ0n) is 10.3. The molecule has 14 heavy (non-hydrogen) atoms. The largest absolute Gasteiger partial charge is 0.378 e. The normalized spacial score (nSPS) is 33.6. The summed E-state index contributed by atoms with van der Waals surface area (Å²) >= 11 is 0. The molecule has 84 valence electrons. The Morgan fingerprint density at radius 3 is 2.43 bits per heavy atom. The van der Waals surface area contributed by atoms with Gasteiger partial charge < -0.3 is 10.1 Å². The second kappa shape index (κ2) is 4.19. The Bertz CT molecular complexity index is 185. The fraction of sp³-hybridized carbons (Fsp3) is 1.00. The van der Waals surface area contributed by atoms with Crippen LogP contribution in [0.4, 0.5) is 0 Å². The van der Waals surface area contributed by atoms with Gasteiger partial charge in [-0.2, -0.15) is 0 Å². The molecular weight excluding hydrogens is 174 g/mol.